The van der Waals surface area contributed by atoms with Gasteiger partial charge in [-0.15, -0.1) is 11.3 Å². The zero-order valence-corrected chi connectivity index (χ0v) is 17.0. The number of benzene rings is 2. The van der Waals surface area contributed by atoms with Gasteiger partial charge in [0.05, 0.1) is 15.2 Å². The van der Waals surface area contributed by atoms with Crippen LogP contribution >= 0.6 is 11.3 Å². The molecule has 1 unspecified atom stereocenters. The molecule has 3 rings (SSSR count). The number of aryl methyl sites for hydroxylation is 1. The van der Waals surface area contributed by atoms with Crippen molar-refractivity contribution in [1.82, 2.24) is 10.3 Å². The molecule has 1 heterocycles. The molecule has 0 saturated heterocycles. The Bertz CT molecular complexity index is 934. The van der Waals surface area contributed by atoms with Crippen LogP contribution in [-0.4, -0.2) is 16.8 Å². The third-order valence-electron chi connectivity index (χ3n) is 4.65. The summed E-state index contributed by atoms with van der Waals surface area (Å²) < 4.78 is 1.15. The second kappa shape index (κ2) is 9.46. The maximum atomic E-state index is 12.2. The van der Waals surface area contributed by atoms with Gasteiger partial charge in [-0.3, -0.25) is 9.59 Å². The number of carbonyl (C=O) groups is 2. The van der Waals surface area contributed by atoms with Gasteiger partial charge in [-0.05, 0) is 36.2 Å². The molecule has 28 heavy (non-hydrogen) atoms. The highest BCUT2D eigenvalue weighted by Crippen LogP contribution is 2.22. The van der Waals surface area contributed by atoms with Gasteiger partial charge in [0.1, 0.15) is 0 Å². The number of amides is 2. The minimum absolute atomic E-state index is 0.00620. The highest BCUT2D eigenvalue weighted by atomic mass is 32.1. The number of rotatable bonds is 8. The van der Waals surface area contributed by atoms with Gasteiger partial charge in [-0.25, -0.2) is 4.98 Å². The number of carbonyl (C=O) groups excluding carboxylic acids is 2. The Kier molecular flexibility index (Phi) is 6.76. The van der Waals surface area contributed by atoms with Gasteiger partial charge in [0.15, 0.2) is 0 Å². The number of fused-ring (bicyclic) bond motifs is 1. The molecule has 0 radical (unpaired) electrons. The van der Waals surface area contributed by atoms with E-state index < -0.39 is 0 Å². The summed E-state index contributed by atoms with van der Waals surface area (Å²) in [5.74, 6) is -0.0151. The molecule has 0 aliphatic rings. The van der Waals surface area contributed by atoms with Crippen molar-refractivity contribution in [2.24, 2.45) is 5.92 Å². The molecular formula is C22H25N3O2S. The Hall–Kier alpha value is -2.73. The third kappa shape index (κ3) is 5.39. The first kappa shape index (κ1) is 20.0. The summed E-state index contributed by atoms with van der Waals surface area (Å²) in [6.07, 6.45) is 1.84. The van der Waals surface area contributed by atoms with Crippen molar-refractivity contribution in [2.75, 3.05) is 5.32 Å². The summed E-state index contributed by atoms with van der Waals surface area (Å²) in [6.45, 7) is 4.33. The first-order valence-corrected chi connectivity index (χ1v) is 10.4. The highest BCUT2D eigenvalue weighted by molar-refractivity contribution is 7.18. The second-order valence-corrected chi connectivity index (χ2v) is 7.97. The number of para-hydroxylation sites is 1. The van der Waals surface area contributed by atoms with Crippen molar-refractivity contribution in [2.45, 2.75) is 39.7 Å². The summed E-state index contributed by atoms with van der Waals surface area (Å²) in [6, 6.07) is 15.6. The molecule has 146 valence electrons. The van der Waals surface area contributed by atoms with Gasteiger partial charge < -0.3 is 10.6 Å². The topological polar surface area (TPSA) is 71.1 Å². The Morgan fingerprint density at radius 2 is 1.96 bits per heavy atom. The Morgan fingerprint density at radius 1 is 1.14 bits per heavy atom. The second-order valence-electron chi connectivity index (χ2n) is 6.85. The number of anilines is 1. The van der Waals surface area contributed by atoms with Crippen LogP contribution in [0.4, 0.5) is 5.69 Å². The molecule has 1 atom stereocenters. The van der Waals surface area contributed by atoms with Crippen molar-refractivity contribution in [3.63, 3.8) is 0 Å². The zero-order chi connectivity index (χ0) is 19.9. The third-order valence-corrected chi connectivity index (χ3v) is 5.74. The average molecular weight is 396 g/mol. The molecule has 0 bridgehead atoms. The Balaban J connectivity index is 1.48. The first-order valence-electron chi connectivity index (χ1n) is 9.56. The SMILES string of the molecule is CCC(C)C(=O)Nc1cccc(CNC(=O)CCc2nc3ccccc3s2)c1. The predicted molar refractivity (Wildman–Crippen MR) is 114 cm³/mol. The largest absolute Gasteiger partial charge is 0.352 e. The van der Waals surface area contributed by atoms with Gasteiger partial charge in [0.25, 0.3) is 0 Å². The number of hydrogen-bond acceptors (Lipinski definition) is 4. The molecule has 0 saturated carbocycles. The van der Waals surface area contributed by atoms with Crippen molar-refractivity contribution in [3.05, 3.63) is 59.1 Å². The predicted octanol–water partition coefficient (Wildman–Crippen LogP) is 4.53. The van der Waals surface area contributed by atoms with Gasteiger partial charge in [0.2, 0.25) is 11.8 Å². The molecule has 6 heteroatoms. The van der Waals surface area contributed by atoms with Crippen molar-refractivity contribution >= 4 is 39.1 Å². The van der Waals surface area contributed by atoms with Crippen LogP contribution in [0.15, 0.2) is 48.5 Å². The Labute approximate surface area is 169 Å². The molecule has 0 aliphatic heterocycles. The van der Waals surface area contributed by atoms with E-state index in [0.717, 1.165) is 32.9 Å². The minimum Gasteiger partial charge on any atom is -0.352 e. The highest BCUT2D eigenvalue weighted by Gasteiger charge is 2.11. The van der Waals surface area contributed by atoms with Crippen LogP contribution in [0, 0.1) is 5.92 Å². The van der Waals surface area contributed by atoms with E-state index >= 15 is 0 Å². The van der Waals surface area contributed by atoms with Crippen molar-refractivity contribution < 1.29 is 9.59 Å². The lowest BCUT2D eigenvalue weighted by Crippen LogP contribution is -2.23. The summed E-state index contributed by atoms with van der Waals surface area (Å²) in [5, 5.41) is 6.84. The minimum atomic E-state index is -0.0223. The first-order chi connectivity index (χ1) is 13.5. The van der Waals surface area contributed by atoms with Crippen LogP contribution in [0.1, 0.15) is 37.3 Å². The van der Waals surface area contributed by atoms with Crippen molar-refractivity contribution in [3.8, 4) is 0 Å². The van der Waals surface area contributed by atoms with Crippen LogP contribution in [0.5, 0.6) is 0 Å². The van der Waals surface area contributed by atoms with Gasteiger partial charge in [0, 0.05) is 31.0 Å². The lowest BCUT2D eigenvalue weighted by atomic mass is 10.1. The zero-order valence-electron chi connectivity index (χ0n) is 16.2. The van der Waals surface area contributed by atoms with E-state index in [2.05, 4.69) is 15.6 Å². The van der Waals surface area contributed by atoms with Crippen LogP contribution in [0.2, 0.25) is 0 Å². The van der Waals surface area contributed by atoms with Gasteiger partial charge in [-0.2, -0.15) is 0 Å². The quantitative estimate of drug-likeness (QED) is 0.589. The van der Waals surface area contributed by atoms with Crippen molar-refractivity contribution in [1.29, 1.82) is 0 Å². The smallest absolute Gasteiger partial charge is 0.227 e. The number of nitrogens with one attached hydrogen (secondary N) is 2. The van der Waals surface area contributed by atoms with E-state index in [1.165, 1.54) is 0 Å². The van der Waals surface area contributed by atoms with Crippen LogP contribution in [0.25, 0.3) is 10.2 Å². The number of aromatic nitrogens is 1. The van der Waals surface area contributed by atoms with E-state index in [4.69, 9.17) is 0 Å². The van der Waals surface area contributed by atoms with Crippen LogP contribution in [0.3, 0.4) is 0 Å². The normalized spacial score (nSPS) is 11.9. The summed E-state index contributed by atoms with van der Waals surface area (Å²) in [7, 11) is 0. The summed E-state index contributed by atoms with van der Waals surface area (Å²) in [5.41, 5.74) is 2.70. The van der Waals surface area contributed by atoms with E-state index in [0.29, 0.717) is 19.4 Å². The Morgan fingerprint density at radius 3 is 2.75 bits per heavy atom. The molecule has 2 aromatic carbocycles. The average Bonchev–Trinajstić information content (AvgIpc) is 3.13. The van der Waals surface area contributed by atoms with E-state index in [1.54, 1.807) is 11.3 Å². The number of hydrogen-bond donors (Lipinski definition) is 2. The molecule has 0 fully saturated rings. The fourth-order valence-electron chi connectivity index (χ4n) is 2.75. The molecular weight excluding hydrogens is 370 g/mol. The molecule has 5 nitrogen and oxygen atoms in total. The molecule has 1 aromatic heterocycles. The fraction of sp³-hybridized carbons (Fsp3) is 0.318. The summed E-state index contributed by atoms with van der Waals surface area (Å²) >= 11 is 1.63. The van der Waals surface area contributed by atoms with Crippen LogP contribution < -0.4 is 10.6 Å². The lowest BCUT2D eigenvalue weighted by Gasteiger charge is -2.11. The standard InChI is InChI=1S/C22H25N3O2S/c1-3-15(2)22(27)24-17-8-6-7-16(13-17)14-23-20(26)11-12-21-25-18-9-4-5-10-19(18)28-21/h4-10,13,15H,3,11-12,14H2,1-2H3,(H,23,26)(H,24,27). The number of nitrogens with zero attached hydrogens (tertiary/aromatic N) is 1. The lowest BCUT2D eigenvalue weighted by molar-refractivity contribution is -0.121. The van der Waals surface area contributed by atoms with E-state index in [9.17, 15) is 9.59 Å². The fourth-order valence-corrected chi connectivity index (χ4v) is 3.71. The number of thiazole rings is 1. The van der Waals surface area contributed by atoms with E-state index in [1.807, 2.05) is 62.4 Å². The molecule has 0 spiro atoms. The molecule has 0 aliphatic carbocycles. The van der Waals surface area contributed by atoms with Gasteiger partial charge in [-0.1, -0.05) is 38.1 Å². The van der Waals surface area contributed by atoms with E-state index in [-0.39, 0.29) is 17.7 Å². The summed E-state index contributed by atoms with van der Waals surface area (Å²) in [4.78, 5) is 28.8. The molecule has 2 N–H and O–H groups in total. The van der Waals surface area contributed by atoms with Crippen LogP contribution in [-0.2, 0) is 22.6 Å². The maximum absolute atomic E-state index is 12.2. The maximum Gasteiger partial charge on any atom is 0.227 e. The molecule has 3 aromatic rings. The van der Waals surface area contributed by atoms with Gasteiger partial charge >= 0.3 is 0 Å². The molecule has 2 amide bonds. The monoisotopic (exact) mass is 395 g/mol.